The van der Waals surface area contributed by atoms with Gasteiger partial charge in [0.1, 0.15) is 54.1 Å². The molecule has 12 amide bonds. The van der Waals surface area contributed by atoms with Crippen LogP contribution >= 0.6 is 21.6 Å². The van der Waals surface area contributed by atoms with Crippen molar-refractivity contribution in [2.75, 3.05) is 24.6 Å². The van der Waals surface area contributed by atoms with Gasteiger partial charge in [0.25, 0.3) is 0 Å². The third-order valence-electron chi connectivity index (χ3n) is 18.8. The Morgan fingerprint density at radius 1 is 0.563 bits per heavy atom. The Hall–Kier alpha value is -6.97. The number of likely N-dealkylation sites (tertiary alicyclic amines) is 1. The fourth-order valence-corrected chi connectivity index (χ4v) is 14.9. The van der Waals surface area contributed by atoms with Gasteiger partial charge in [0.2, 0.25) is 70.9 Å². The molecule has 0 spiro atoms. The van der Waals surface area contributed by atoms with E-state index in [2.05, 4.69) is 56.4 Å². The summed E-state index contributed by atoms with van der Waals surface area (Å²) in [4.78, 5) is 181. The fraction of sp³-hybridized carbons (Fsp3) is 0.747. The van der Waals surface area contributed by atoms with Crippen molar-refractivity contribution in [1.82, 2.24) is 47.4 Å². The summed E-state index contributed by atoms with van der Waals surface area (Å²) in [5.41, 5.74) is 17.0. The van der Waals surface area contributed by atoms with Crippen LogP contribution in [0.15, 0.2) is 24.3 Å². The molecule has 1 aromatic carbocycles. The highest BCUT2D eigenvalue weighted by atomic mass is 33.1. The lowest BCUT2D eigenvalue weighted by atomic mass is 9.96. The van der Waals surface area contributed by atoms with Gasteiger partial charge < -0.3 is 69.4 Å². The Bertz CT molecular complexity index is 2800. The number of primary amides is 3. The molecule has 2 aliphatic heterocycles. The van der Waals surface area contributed by atoms with E-state index < -0.39 is 157 Å². The number of esters is 1. The van der Waals surface area contributed by atoms with Crippen LogP contribution in [0, 0.1) is 11.8 Å². The zero-order chi connectivity index (χ0) is 75.9. The van der Waals surface area contributed by atoms with Gasteiger partial charge >= 0.3 is 5.97 Å². The van der Waals surface area contributed by atoms with Gasteiger partial charge in [0.15, 0.2) is 0 Å². The predicted molar refractivity (Wildman–Crippen MR) is 403 cm³/mol. The van der Waals surface area contributed by atoms with Crippen molar-refractivity contribution in [3.63, 3.8) is 0 Å². The number of rotatable bonds is 47. The van der Waals surface area contributed by atoms with E-state index in [0.717, 1.165) is 73.0 Å². The molecule has 9 atom stereocenters. The number of benzene rings is 1. The summed E-state index contributed by atoms with van der Waals surface area (Å²) in [6.45, 7) is 11.0. The summed E-state index contributed by atoms with van der Waals surface area (Å²) in [5, 5.41) is 21.3. The fourth-order valence-electron chi connectivity index (χ4n) is 12.5. The number of nitrogens with one attached hydrogen (secondary N) is 8. The second-order valence-electron chi connectivity index (χ2n) is 28.4. The van der Waals surface area contributed by atoms with Crippen LogP contribution in [-0.4, -0.2) is 155 Å². The van der Waals surface area contributed by atoms with Crippen molar-refractivity contribution in [2.45, 2.75) is 321 Å². The first-order valence-corrected chi connectivity index (χ1v) is 40.9. The summed E-state index contributed by atoms with van der Waals surface area (Å²) >= 11 is 0. The second kappa shape index (κ2) is 52.9. The van der Waals surface area contributed by atoms with Crippen molar-refractivity contribution in [2.24, 2.45) is 29.0 Å². The quantitative estimate of drug-likeness (QED) is 0.0129. The summed E-state index contributed by atoms with van der Waals surface area (Å²) in [7, 11) is 2.05. The number of amides is 12. The Kier molecular flexibility index (Phi) is 46.3. The smallest absolute Gasteiger partial charge is 0.311 e. The standard InChI is InChI=1S/C75H126N12O14S2/c1-7-10-12-14-16-18-20-22-24-26-28-30-32-36-65(91)80-59-49-102-103-50-60(75(100)87-44-34-35-61(87)73(98)84-56(45-51(4)5)68(93)79-48-64(78)90)85-70(95)58(47-63(77)89)83-69(94)55(42-43-62(76)88)81-74(99)67(52(6)9-3)86-71(96)57(82-72(59)97)46-53-38-40-54(41-39-53)101-66(92)37-33-31-29-27-25-23-21-19-17-15-13-11-8-2/h38-41,51-52,55-61,67H,7-37,42-50H2,1-6H3,(H2,76,88)(H2,77,89)(H2,78,90)(H,79,93)(H,80,91)(H,81,99)(H,82,97)(H,83,94)(H,84,98)(H,85,95)(H,86,96). The number of unbranched alkanes of at least 4 members (excludes halogenated alkanes) is 24. The van der Waals surface area contributed by atoms with Crippen LogP contribution in [0.5, 0.6) is 5.75 Å². The second-order valence-corrected chi connectivity index (χ2v) is 30.9. The Labute approximate surface area is 620 Å². The Morgan fingerprint density at radius 2 is 1.07 bits per heavy atom. The molecule has 14 N–H and O–H groups in total. The molecule has 582 valence electrons. The van der Waals surface area contributed by atoms with Gasteiger partial charge in [0, 0.05) is 43.7 Å². The molecule has 0 saturated carbocycles. The average Bonchev–Trinajstić information content (AvgIpc) is 1.78. The molecule has 0 aliphatic carbocycles. The van der Waals surface area contributed by atoms with Crippen molar-refractivity contribution in [3.8, 4) is 5.75 Å². The molecular formula is C75H126N12O14S2. The molecule has 28 heteroatoms. The van der Waals surface area contributed by atoms with Crippen molar-refractivity contribution in [3.05, 3.63) is 29.8 Å². The Balaban J connectivity index is 2.04. The largest absolute Gasteiger partial charge is 0.427 e. The van der Waals surface area contributed by atoms with E-state index in [-0.39, 0.29) is 61.8 Å². The molecule has 2 fully saturated rings. The minimum absolute atomic E-state index is 0.0174. The van der Waals surface area contributed by atoms with E-state index in [1.807, 2.05) is 13.8 Å². The zero-order valence-corrected chi connectivity index (χ0v) is 64.2. The SMILES string of the molecule is CCCCCCCCCCCCCCCC(=O)NC1CSSCC(C(=O)N2CCCC2C(=O)NC(CC(C)C)C(=O)NCC(N)=O)NC(=O)C(CC(N)=O)NC(=O)C(CCC(N)=O)NC(=O)C(C(C)CC)NC(=O)C(Cc2ccc(OC(=O)CCCCCCCCCCCCCCC)cc2)NC1=O. The van der Waals surface area contributed by atoms with Crippen LogP contribution in [0.25, 0.3) is 0 Å². The number of hydrogen-bond acceptors (Lipinski definition) is 16. The van der Waals surface area contributed by atoms with E-state index in [1.165, 1.54) is 108 Å². The average molecular weight is 1480 g/mol. The predicted octanol–water partition coefficient (Wildman–Crippen LogP) is 7.71. The number of nitrogens with two attached hydrogens (primary N) is 3. The van der Waals surface area contributed by atoms with Crippen molar-refractivity contribution < 1.29 is 67.1 Å². The van der Waals surface area contributed by atoms with E-state index in [9.17, 15) is 57.5 Å². The molecule has 103 heavy (non-hydrogen) atoms. The molecule has 2 saturated heterocycles. The highest BCUT2D eigenvalue weighted by molar-refractivity contribution is 8.76. The lowest BCUT2D eigenvalue weighted by Gasteiger charge is -2.31. The zero-order valence-electron chi connectivity index (χ0n) is 62.6. The molecule has 1 aromatic rings. The lowest BCUT2D eigenvalue weighted by Crippen LogP contribution is -2.62. The minimum atomic E-state index is -1.80. The number of nitrogens with zero attached hydrogens (tertiary/aromatic N) is 1. The maximum atomic E-state index is 15.0. The molecule has 0 aromatic heterocycles. The number of carbonyl (C=O) groups is 13. The van der Waals surface area contributed by atoms with Crippen LogP contribution in [-0.2, 0) is 68.7 Å². The number of ether oxygens (including phenoxy) is 1. The van der Waals surface area contributed by atoms with E-state index in [1.54, 1.807) is 38.1 Å². The number of carbonyl (C=O) groups excluding carboxylic acids is 13. The highest BCUT2D eigenvalue weighted by Gasteiger charge is 2.41. The molecule has 2 heterocycles. The normalized spacial score (nSPS) is 20.1. The summed E-state index contributed by atoms with van der Waals surface area (Å²) in [6, 6.07) is -4.99. The first-order chi connectivity index (χ1) is 49.4. The van der Waals surface area contributed by atoms with Gasteiger partial charge in [-0.2, -0.15) is 0 Å². The van der Waals surface area contributed by atoms with Crippen molar-refractivity contribution >= 4 is 98.4 Å². The van der Waals surface area contributed by atoms with Crippen LogP contribution in [0.1, 0.15) is 272 Å². The van der Waals surface area contributed by atoms with Crippen LogP contribution in [0.3, 0.4) is 0 Å². The van der Waals surface area contributed by atoms with E-state index in [4.69, 9.17) is 21.9 Å². The maximum absolute atomic E-state index is 15.0. The van der Waals surface area contributed by atoms with Gasteiger partial charge in [-0.25, -0.2) is 0 Å². The molecule has 2 aliphatic rings. The lowest BCUT2D eigenvalue weighted by molar-refractivity contribution is -0.142. The molecule has 9 unspecified atom stereocenters. The van der Waals surface area contributed by atoms with Crippen LogP contribution < -0.4 is 64.5 Å². The number of hydrogen-bond donors (Lipinski definition) is 11. The summed E-state index contributed by atoms with van der Waals surface area (Å²) in [6.07, 6.45) is 28.7. The third-order valence-corrected chi connectivity index (χ3v) is 21.2. The Morgan fingerprint density at radius 3 is 1.59 bits per heavy atom. The molecular weight excluding hydrogens is 1360 g/mol. The monoisotopic (exact) mass is 1480 g/mol. The van der Waals surface area contributed by atoms with E-state index >= 15 is 4.79 Å². The first kappa shape index (κ1) is 90.2. The van der Waals surface area contributed by atoms with Gasteiger partial charge in [-0.15, -0.1) is 0 Å². The molecule has 0 bridgehead atoms. The van der Waals surface area contributed by atoms with Gasteiger partial charge in [-0.3, -0.25) is 62.3 Å². The summed E-state index contributed by atoms with van der Waals surface area (Å²) in [5.74, 6) is -11.3. The summed E-state index contributed by atoms with van der Waals surface area (Å²) < 4.78 is 5.71. The molecule has 26 nitrogen and oxygen atoms in total. The van der Waals surface area contributed by atoms with Gasteiger partial charge in [0.05, 0.1) is 13.0 Å². The minimum Gasteiger partial charge on any atom is -0.427 e. The van der Waals surface area contributed by atoms with E-state index in [0.29, 0.717) is 31.2 Å². The van der Waals surface area contributed by atoms with Crippen molar-refractivity contribution in [1.29, 1.82) is 0 Å². The molecule has 0 radical (unpaired) electrons. The van der Waals surface area contributed by atoms with Gasteiger partial charge in [-0.05, 0) is 68.1 Å². The molecule has 3 rings (SSSR count). The van der Waals surface area contributed by atoms with Crippen LogP contribution in [0.2, 0.25) is 0 Å². The maximum Gasteiger partial charge on any atom is 0.311 e. The topological polar surface area (TPSA) is 409 Å². The first-order valence-electron chi connectivity index (χ1n) is 38.5. The highest BCUT2D eigenvalue weighted by Crippen LogP contribution is 2.27. The van der Waals surface area contributed by atoms with Gasteiger partial charge in [-0.1, -0.05) is 236 Å². The third kappa shape index (κ3) is 38.6. The van der Waals surface area contributed by atoms with Crippen LogP contribution in [0.4, 0.5) is 0 Å².